The van der Waals surface area contributed by atoms with E-state index >= 15 is 0 Å². The fourth-order valence-electron chi connectivity index (χ4n) is 1.88. The molecular formula is C14H18N2O2S. The standard InChI is InChI=1S/C14H18N2O2S/c1-10-5-4-6-16-8-12(15-14(10)16)9-19-11(2)7-13(17)18-3/h4-6,8,11H,7,9H2,1-3H3. The monoisotopic (exact) mass is 278 g/mol. The smallest absolute Gasteiger partial charge is 0.306 e. The number of hydrogen-bond donors (Lipinski definition) is 0. The van der Waals surface area contributed by atoms with Crippen molar-refractivity contribution < 1.29 is 9.53 Å². The zero-order valence-electron chi connectivity index (χ0n) is 11.4. The van der Waals surface area contributed by atoms with Crippen molar-refractivity contribution in [3.8, 4) is 0 Å². The third-order valence-electron chi connectivity index (χ3n) is 2.93. The number of methoxy groups -OCH3 is 1. The molecule has 0 aliphatic carbocycles. The molecule has 0 amide bonds. The van der Waals surface area contributed by atoms with E-state index in [4.69, 9.17) is 0 Å². The zero-order chi connectivity index (χ0) is 13.8. The first-order valence-corrected chi connectivity index (χ1v) is 7.26. The van der Waals surface area contributed by atoms with Crippen LogP contribution in [0.1, 0.15) is 24.6 Å². The van der Waals surface area contributed by atoms with Gasteiger partial charge in [-0.05, 0) is 18.6 Å². The van der Waals surface area contributed by atoms with Crippen LogP contribution in [0.5, 0.6) is 0 Å². The summed E-state index contributed by atoms with van der Waals surface area (Å²) >= 11 is 1.72. The highest BCUT2D eigenvalue weighted by Crippen LogP contribution is 2.21. The van der Waals surface area contributed by atoms with Crippen LogP contribution in [0.3, 0.4) is 0 Å². The summed E-state index contributed by atoms with van der Waals surface area (Å²) in [6, 6.07) is 4.07. The number of fused-ring (bicyclic) bond motifs is 1. The molecule has 0 N–H and O–H groups in total. The van der Waals surface area contributed by atoms with Crippen molar-refractivity contribution >= 4 is 23.4 Å². The van der Waals surface area contributed by atoms with Crippen molar-refractivity contribution in [3.63, 3.8) is 0 Å². The number of thioether (sulfide) groups is 1. The molecule has 2 heterocycles. The highest BCUT2D eigenvalue weighted by molar-refractivity contribution is 7.99. The number of carbonyl (C=O) groups excluding carboxylic acids is 1. The van der Waals surface area contributed by atoms with Gasteiger partial charge in [-0.1, -0.05) is 13.0 Å². The number of ether oxygens (including phenoxy) is 1. The lowest BCUT2D eigenvalue weighted by Gasteiger charge is -2.07. The SMILES string of the molecule is COC(=O)CC(C)SCc1cn2cccc(C)c2n1. The van der Waals surface area contributed by atoms with E-state index in [2.05, 4.69) is 22.7 Å². The number of hydrogen-bond acceptors (Lipinski definition) is 4. The topological polar surface area (TPSA) is 43.6 Å². The Morgan fingerprint density at radius 3 is 3.05 bits per heavy atom. The average Bonchev–Trinajstić information content (AvgIpc) is 2.81. The molecule has 0 bridgehead atoms. The van der Waals surface area contributed by atoms with Crippen molar-refractivity contribution in [1.29, 1.82) is 0 Å². The Balaban J connectivity index is 1.98. The van der Waals surface area contributed by atoms with Crippen LogP contribution >= 0.6 is 11.8 Å². The fraction of sp³-hybridized carbons (Fsp3) is 0.429. The Bertz CT molecular complexity index is 580. The predicted octanol–water partition coefficient (Wildman–Crippen LogP) is 2.83. The lowest BCUT2D eigenvalue weighted by Crippen LogP contribution is -2.08. The normalized spacial score (nSPS) is 12.6. The van der Waals surface area contributed by atoms with Gasteiger partial charge in [-0.25, -0.2) is 4.98 Å². The summed E-state index contributed by atoms with van der Waals surface area (Å²) in [4.78, 5) is 15.8. The van der Waals surface area contributed by atoms with E-state index in [-0.39, 0.29) is 11.2 Å². The Morgan fingerprint density at radius 1 is 1.58 bits per heavy atom. The first-order valence-electron chi connectivity index (χ1n) is 6.21. The van der Waals surface area contributed by atoms with Gasteiger partial charge in [-0.3, -0.25) is 4.79 Å². The van der Waals surface area contributed by atoms with Gasteiger partial charge in [0.05, 0.1) is 19.2 Å². The molecule has 1 atom stereocenters. The largest absolute Gasteiger partial charge is 0.469 e. The molecule has 5 heteroatoms. The van der Waals surface area contributed by atoms with E-state index in [0.717, 1.165) is 17.1 Å². The minimum atomic E-state index is -0.161. The average molecular weight is 278 g/mol. The minimum absolute atomic E-state index is 0.161. The first kappa shape index (κ1) is 13.9. The first-order chi connectivity index (χ1) is 9.10. The molecule has 2 aromatic heterocycles. The second-order valence-corrected chi connectivity index (χ2v) is 5.98. The fourth-order valence-corrected chi connectivity index (χ4v) is 2.73. The second kappa shape index (κ2) is 6.10. The summed E-state index contributed by atoms with van der Waals surface area (Å²) in [5.41, 5.74) is 3.20. The molecule has 0 saturated heterocycles. The van der Waals surface area contributed by atoms with Gasteiger partial charge in [0.15, 0.2) is 0 Å². The molecule has 0 aromatic carbocycles. The predicted molar refractivity (Wildman–Crippen MR) is 77.3 cm³/mol. The summed E-state index contributed by atoms with van der Waals surface area (Å²) in [6.07, 6.45) is 4.48. The molecule has 4 nitrogen and oxygen atoms in total. The molecular weight excluding hydrogens is 260 g/mol. The molecule has 0 spiro atoms. The van der Waals surface area contributed by atoms with Crippen LogP contribution in [0.15, 0.2) is 24.5 Å². The Hall–Kier alpha value is -1.49. The maximum Gasteiger partial charge on any atom is 0.306 e. The van der Waals surface area contributed by atoms with E-state index in [1.165, 1.54) is 12.7 Å². The second-order valence-electron chi connectivity index (χ2n) is 4.56. The van der Waals surface area contributed by atoms with Crippen LogP contribution in [0.25, 0.3) is 5.65 Å². The van der Waals surface area contributed by atoms with Crippen molar-refractivity contribution in [1.82, 2.24) is 9.38 Å². The van der Waals surface area contributed by atoms with Crippen LogP contribution in [0, 0.1) is 6.92 Å². The van der Waals surface area contributed by atoms with Crippen molar-refractivity contribution in [2.24, 2.45) is 0 Å². The van der Waals surface area contributed by atoms with Gasteiger partial charge in [-0.15, -0.1) is 0 Å². The lowest BCUT2D eigenvalue weighted by molar-refractivity contribution is -0.140. The van der Waals surface area contributed by atoms with Crippen LogP contribution in [0.2, 0.25) is 0 Å². The number of rotatable bonds is 5. The van der Waals surface area contributed by atoms with Gasteiger partial charge in [0.2, 0.25) is 0 Å². The van der Waals surface area contributed by atoms with E-state index in [9.17, 15) is 4.79 Å². The molecule has 102 valence electrons. The lowest BCUT2D eigenvalue weighted by atomic mass is 10.3. The Morgan fingerprint density at radius 2 is 2.37 bits per heavy atom. The van der Waals surface area contributed by atoms with E-state index in [1.54, 1.807) is 11.8 Å². The van der Waals surface area contributed by atoms with E-state index < -0.39 is 0 Å². The summed E-state index contributed by atoms with van der Waals surface area (Å²) in [5.74, 6) is 0.644. The molecule has 2 rings (SSSR count). The highest BCUT2D eigenvalue weighted by atomic mass is 32.2. The van der Waals surface area contributed by atoms with Crippen LogP contribution < -0.4 is 0 Å². The molecule has 2 aromatic rings. The number of nitrogens with zero attached hydrogens (tertiary/aromatic N) is 2. The van der Waals surface area contributed by atoms with Crippen LogP contribution in [-0.2, 0) is 15.3 Å². The number of aromatic nitrogens is 2. The molecule has 19 heavy (non-hydrogen) atoms. The summed E-state index contributed by atoms with van der Waals surface area (Å²) < 4.78 is 6.70. The maximum atomic E-state index is 11.2. The number of pyridine rings is 1. The number of imidazole rings is 1. The van der Waals surface area contributed by atoms with Gasteiger partial charge in [0.1, 0.15) is 5.65 Å². The maximum absolute atomic E-state index is 11.2. The van der Waals surface area contributed by atoms with Crippen LogP contribution in [0.4, 0.5) is 0 Å². The summed E-state index contributed by atoms with van der Waals surface area (Å²) in [5, 5.41) is 0.235. The number of esters is 1. The molecule has 0 aliphatic heterocycles. The van der Waals surface area contributed by atoms with Gasteiger partial charge in [0, 0.05) is 23.4 Å². The summed E-state index contributed by atoms with van der Waals surface area (Å²) in [7, 11) is 1.42. The van der Waals surface area contributed by atoms with Gasteiger partial charge in [-0.2, -0.15) is 11.8 Å². The van der Waals surface area contributed by atoms with E-state index in [0.29, 0.717) is 6.42 Å². The van der Waals surface area contributed by atoms with Crippen molar-refractivity contribution in [2.75, 3.05) is 7.11 Å². The van der Waals surface area contributed by atoms with Gasteiger partial charge >= 0.3 is 5.97 Å². The molecule has 0 fully saturated rings. The minimum Gasteiger partial charge on any atom is -0.469 e. The molecule has 1 unspecified atom stereocenters. The van der Waals surface area contributed by atoms with Crippen molar-refractivity contribution in [3.05, 3.63) is 35.8 Å². The van der Waals surface area contributed by atoms with Crippen LogP contribution in [-0.4, -0.2) is 27.7 Å². The summed E-state index contributed by atoms with van der Waals surface area (Å²) in [6.45, 7) is 4.09. The zero-order valence-corrected chi connectivity index (χ0v) is 12.2. The Labute approximate surface area is 117 Å². The number of carbonyl (C=O) groups is 1. The molecule has 0 aliphatic rings. The molecule has 0 saturated carbocycles. The molecule has 0 radical (unpaired) electrons. The third kappa shape index (κ3) is 3.50. The van der Waals surface area contributed by atoms with Gasteiger partial charge < -0.3 is 9.14 Å². The Kier molecular flexibility index (Phi) is 4.47. The van der Waals surface area contributed by atoms with E-state index in [1.807, 2.05) is 29.8 Å². The van der Waals surface area contributed by atoms with Gasteiger partial charge in [0.25, 0.3) is 0 Å². The highest BCUT2D eigenvalue weighted by Gasteiger charge is 2.11. The van der Waals surface area contributed by atoms with Crippen molar-refractivity contribution in [2.45, 2.75) is 31.3 Å². The number of aryl methyl sites for hydroxylation is 1. The quantitative estimate of drug-likeness (QED) is 0.789. The third-order valence-corrected chi connectivity index (χ3v) is 4.12.